The van der Waals surface area contributed by atoms with Crippen molar-refractivity contribution in [3.63, 3.8) is 0 Å². The molecule has 1 unspecified atom stereocenters. The molecule has 2 fully saturated rings. The normalized spacial score (nSPS) is 21.2. The van der Waals surface area contributed by atoms with E-state index in [4.69, 9.17) is 0 Å². The van der Waals surface area contributed by atoms with Gasteiger partial charge in [-0.2, -0.15) is 0 Å². The number of amides is 1. The molecule has 0 bridgehead atoms. The molecule has 26 heavy (non-hydrogen) atoms. The van der Waals surface area contributed by atoms with Gasteiger partial charge in [-0.15, -0.1) is 11.8 Å². The van der Waals surface area contributed by atoms with Crippen molar-refractivity contribution < 1.29 is 4.79 Å². The van der Waals surface area contributed by atoms with Gasteiger partial charge in [0.1, 0.15) is 0 Å². The average Bonchev–Trinajstić information content (AvgIpc) is 3.37. The third kappa shape index (κ3) is 4.93. The molecule has 142 valence electrons. The van der Waals surface area contributed by atoms with Gasteiger partial charge >= 0.3 is 0 Å². The Balaban J connectivity index is 1.45. The largest absolute Gasteiger partial charge is 0.352 e. The van der Waals surface area contributed by atoms with Crippen molar-refractivity contribution in [2.75, 3.05) is 26.4 Å². The number of hydrogen-bond donors (Lipinski definition) is 2. The second kappa shape index (κ2) is 9.31. The molecule has 0 spiro atoms. The minimum absolute atomic E-state index is 0.274. The number of guanidine groups is 1. The Morgan fingerprint density at radius 3 is 2.62 bits per heavy atom. The second-order valence-corrected chi connectivity index (χ2v) is 8.05. The molecule has 1 atom stereocenters. The van der Waals surface area contributed by atoms with Crippen LogP contribution in [0.5, 0.6) is 0 Å². The van der Waals surface area contributed by atoms with Gasteiger partial charge in [-0.05, 0) is 43.2 Å². The van der Waals surface area contributed by atoms with E-state index in [0.717, 1.165) is 44.9 Å². The molecule has 1 aliphatic carbocycles. The highest BCUT2D eigenvalue weighted by Gasteiger charge is 2.32. The van der Waals surface area contributed by atoms with E-state index in [1.165, 1.54) is 23.3 Å². The number of carbonyl (C=O) groups excluding carboxylic acids is 1. The first-order valence-corrected chi connectivity index (χ1v) is 10.8. The van der Waals surface area contributed by atoms with Gasteiger partial charge < -0.3 is 15.5 Å². The molecule has 1 aromatic rings. The fourth-order valence-corrected chi connectivity index (χ4v) is 4.23. The zero-order valence-corrected chi connectivity index (χ0v) is 16.6. The highest BCUT2D eigenvalue weighted by Crippen LogP contribution is 2.27. The number of nitrogens with zero attached hydrogens (tertiary/aromatic N) is 2. The number of aliphatic imine (C=N–C) groups is 1. The van der Waals surface area contributed by atoms with Gasteiger partial charge in [-0.3, -0.25) is 9.79 Å². The molecular formula is C20H30N4OS. The molecule has 1 amide bonds. The van der Waals surface area contributed by atoms with E-state index in [-0.39, 0.29) is 12.0 Å². The van der Waals surface area contributed by atoms with Crippen LogP contribution < -0.4 is 10.6 Å². The zero-order chi connectivity index (χ0) is 18.4. The molecule has 1 heterocycles. The number of likely N-dealkylation sites (tertiary alicyclic amines) is 1. The van der Waals surface area contributed by atoms with Gasteiger partial charge in [0, 0.05) is 43.5 Å². The molecule has 1 saturated heterocycles. The molecule has 6 heteroatoms. The van der Waals surface area contributed by atoms with Crippen LogP contribution in [0.2, 0.25) is 0 Å². The lowest BCUT2D eigenvalue weighted by Gasteiger charge is -2.21. The predicted molar refractivity (Wildman–Crippen MR) is 109 cm³/mol. The molecule has 1 saturated carbocycles. The van der Waals surface area contributed by atoms with Gasteiger partial charge in [-0.1, -0.05) is 25.0 Å². The van der Waals surface area contributed by atoms with Crippen molar-refractivity contribution >= 4 is 23.6 Å². The van der Waals surface area contributed by atoms with Crippen molar-refractivity contribution in [1.82, 2.24) is 15.5 Å². The highest BCUT2D eigenvalue weighted by atomic mass is 32.2. The Morgan fingerprint density at radius 1 is 1.23 bits per heavy atom. The highest BCUT2D eigenvalue weighted by molar-refractivity contribution is 7.98. The molecule has 1 aromatic carbocycles. The average molecular weight is 375 g/mol. The summed E-state index contributed by atoms with van der Waals surface area (Å²) in [6, 6.07) is 8.85. The molecule has 0 radical (unpaired) electrons. The van der Waals surface area contributed by atoms with Gasteiger partial charge in [0.2, 0.25) is 5.91 Å². The Kier molecular flexibility index (Phi) is 6.83. The Morgan fingerprint density at radius 2 is 1.96 bits per heavy atom. The summed E-state index contributed by atoms with van der Waals surface area (Å²) in [4.78, 5) is 20.2. The van der Waals surface area contributed by atoms with Crippen LogP contribution in [-0.2, 0) is 11.3 Å². The number of thioether (sulfide) groups is 1. The number of hydrogen-bond acceptors (Lipinski definition) is 3. The second-order valence-electron chi connectivity index (χ2n) is 7.17. The summed E-state index contributed by atoms with van der Waals surface area (Å²) in [5, 5.41) is 6.85. The summed E-state index contributed by atoms with van der Waals surface area (Å²) in [5.74, 6) is 1.44. The Hall–Kier alpha value is -1.69. The number of carbonyl (C=O) groups is 1. The lowest BCUT2D eigenvalue weighted by atomic mass is 10.1. The molecule has 5 nitrogen and oxygen atoms in total. The van der Waals surface area contributed by atoms with Crippen molar-refractivity contribution in [2.24, 2.45) is 10.9 Å². The SMILES string of the molecule is CN=C(NCc1ccc(SC)cc1)NC1CCN(C(=O)C2CCCC2)C1. The summed E-state index contributed by atoms with van der Waals surface area (Å²) in [5.41, 5.74) is 1.23. The smallest absolute Gasteiger partial charge is 0.225 e. The first kappa shape index (κ1) is 19.1. The van der Waals surface area contributed by atoms with Crippen LogP contribution in [0.3, 0.4) is 0 Å². The van der Waals surface area contributed by atoms with Crippen LogP contribution in [-0.4, -0.2) is 49.2 Å². The number of benzene rings is 1. The molecule has 2 N–H and O–H groups in total. The lowest BCUT2D eigenvalue weighted by molar-refractivity contribution is -0.134. The van der Waals surface area contributed by atoms with E-state index in [1.807, 2.05) is 4.90 Å². The van der Waals surface area contributed by atoms with Crippen LogP contribution in [0, 0.1) is 5.92 Å². The third-order valence-electron chi connectivity index (χ3n) is 5.39. The minimum Gasteiger partial charge on any atom is -0.352 e. The van der Waals surface area contributed by atoms with Crippen LogP contribution in [0.1, 0.15) is 37.7 Å². The van der Waals surface area contributed by atoms with E-state index < -0.39 is 0 Å². The fourth-order valence-electron chi connectivity index (χ4n) is 3.83. The molecule has 3 rings (SSSR count). The van der Waals surface area contributed by atoms with Crippen molar-refractivity contribution in [1.29, 1.82) is 0 Å². The molecule has 2 aliphatic rings. The molecule has 1 aliphatic heterocycles. The van der Waals surface area contributed by atoms with E-state index in [0.29, 0.717) is 5.91 Å². The van der Waals surface area contributed by atoms with Gasteiger partial charge in [0.05, 0.1) is 0 Å². The topological polar surface area (TPSA) is 56.7 Å². The van der Waals surface area contributed by atoms with E-state index in [9.17, 15) is 4.79 Å². The summed E-state index contributed by atoms with van der Waals surface area (Å²) in [7, 11) is 1.79. The first-order valence-electron chi connectivity index (χ1n) is 9.58. The van der Waals surface area contributed by atoms with Crippen molar-refractivity contribution in [2.45, 2.75) is 49.6 Å². The van der Waals surface area contributed by atoms with Gasteiger partial charge in [0.25, 0.3) is 0 Å². The maximum atomic E-state index is 12.6. The maximum Gasteiger partial charge on any atom is 0.225 e. The van der Waals surface area contributed by atoms with Crippen LogP contribution in [0.15, 0.2) is 34.2 Å². The van der Waals surface area contributed by atoms with Gasteiger partial charge in [0.15, 0.2) is 5.96 Å². The molecule has 0 aromatic heterocycles. The van der Waals surface area contributed by atoms with Crippen molar-refractivity contribution in [3.05, 3.63) is 29.8 Å². The summed E-state index contributed by atoms with van der Waals surface area (Å²) >= 11 is 1.75. The summed E-state index contributed by atoms with van der Waals surface area (Å²) in [6.45, 7) is 2.39. The summed E-state index contributed by atoms with van der Waals surface area (Å²) in [6.07, 6.45) is 7.64. The van der Waals surface area contributed by atoms with Crippen molar-refractivity contribution in [3.8, 4) is 0 Å². The van der Waals surface area contributed by atoms with E-state index >= 15 is 0 Å². The minimum atomic E-state index is 0.274. The maximum absolute atomic E-state index is 12.6. The Bertz CT molecular complexity index is 625. The third-order valence-corrected chi connectivity index (χ3v) is 6.13. The quantitative estimate of drug-likeness (QED) is 0.473. The lowest BCUT2D eigenvalue weighted by Crippen LogP contribution is -2.45. The zero-order valence-electron chi connectivity index (χ0n) is 15.8. The Labute approximate surface area is 161 Å². The van der Waals surface area contributed by atoms with E-state index in [1.54, 1.807) is 18.8 Å². The van der Waals surface area contributed by atoms with Crippen LogP contribution in [0.4, 0.5) is 0 Å². The van der Waals surface area contributed by atoms with E-state index in [2.05, 4.69) is 46.1 Å². The number of rotatable bonds is 5. The molecular weight excluding hydrogens is 344 g/mol. The van der Waals surface area contributed by atoms with Crippen LogP contribution in [0.25, 0.3) is 0 Å². The number of nitrogens with one attached hydrogen (secondary N) is 2. The predicted octanol–water partition coefficient (Wildman–Crippen LogP) is 2.86. The van der Waals surface area contributed by atoms with Gasteiger partial charge in [-0.25, -0.2) is 0 Å². The summed E-state index contributed by atoms with van der Waals surface area (Å²) < 4.78 is 0. The fraction of sp³-hybridized carbons (Fsp3) is 0.600. The van der Waals surface area contributed by atoms with Crippen LogP contribution >= 0.6 is 11.8 Å². The monoisotopic (exact) mass is 374 g/mol. The standard InChI is InChI=1S/C20H30N4OS/c1-21-20(22-13-15-7-9-18(26-2)10-8-15)23-17-11-12-24(14-17)19(25)16-5-3-4-6-16/h7-10,16-17H,3-6,11-14H2,1-2H3,(H2,21,22,23). The first-order chi connectivity index (χ1) is 12.7.